The van der Waals surface area contributed by atoms with Gasteiger partial charge in [-0.05, 0) is 36.2 Å². The van der Waals surface area contributed by atoms with Gasteiger partial charge >= 0.3 is 6.03 Å². The van der Waals surface area contributed by atoms with Gasteiger partial charge in [-0.1, -0.05) is 18.2 Å². The first-order valence-electron chi connectivity index (χ1n) is 7.35. The van der Waals surface area contributed by atoms with Gasteiger partial charge in [0.25, 0.3) is 0 Å². The van der Waals surface area contributed by atoms with Gasteiger partial charge in [0, 0.05) is 36.9 Å². The molecule has 6 heteroatoms. The van der Waals surface area contributed by atoms with Gasteiger partial charge in [-0.2, -0.15) is 5.10 Å². The highest BCUT2D eigenvalue weighted by Gasteiger charge is 2.05. The number of aryl methyl sites for hydroxylation is 2. The Kier molecular flexibility index (Phi) is 4.63. The molecule has 3 aromatic rings. The van der Waals surface area contributed by atoms with Crippen molar-refractivity contribution in [2.75, 3.05) is 10.6 Å². The number of hydrogen-bond donors (Lipinski definition) is 2. The van der Waals surface area contributed by atoms with Crippen molar-refractivity contribution < 1.29 is 4.79 Å². The third-order valence-corrected chi connectivity index (χ3v) is 3.29. The first-order valence-corrected chi connectivity index (χ1v) is 7.35. The number of amides is 2. The molecule has 23 heavy (non-hydrogen) atoms. The van der Waals surface area contributed by atoms with Crippen LogP contribution in [0.25, 0.3) is 0 Å². The van der Waals surface area contributed by atoms with E-state index in [0.717, 1.165) is 18.7 Å². The quantitative estimate of drug-likeness (QED) is 0.760. The van der Waals surface area contributed by atoms with Gasteiger partial charge in [0.2, 0.25) is 0 Å². The number of carbonyl (C=O) groups is 1. The summed E-state index contributed by atoms with van der Waals surface area (Å²) in [5.74, 6) is 0.521. The van der Waals surface area contributed by atoms with E-state index in [9.17, 15) is 4.79 Å². The number of nitrogens with one attached hydrogen (secondary N) is 2. The molecule has 2 amide bonds. The summed E-state index contributed by atoms with van der Waals surface area (Å²) in [6.07, 6.45) is 6.26. The number of anilines is 2. The molecule has 1 aromatic carbocycles. The fourth-order valence-corrected chi connectivity index (χ4v) is 2.15. The smallest absolute Gasteiger partial charge is 0.308 e. The van der Waals surface area contributed by atoms with Crippen LogP contribution < -0.4 is 10.6 Å². The molecule has 2 heterocycles. The van der Waals surface area contributed by atoms with Gasteiger partial charge < -0.3 is 5.32 Å². The minimum absolute atomic E-state index is 0.310. The van der Waals surface area contributed by atoms with E-state index >= 15 is 0 Å². The van der Waals surface area contributed by atoms with Crippen molar-refractivity contribution in [3.05, 3.63) is 72.7 Å². The number of para-hydroxylation sites is 1. The van der Waals surface area contributed by atoms with Gasteiger partial charge in [-0.25, -0.2) is 4.79 Å². The molecular weight excluding hydrogens is 290 g/mol. The number of benzene rings is 1. The topological polar surface area (TPSA) is 71.8 Å². The van der Waals surface area contributed by atoms with Crippen LogP contribution in [0, 0.1) is 0 Å². The lowest BCUT2D eigenvalue weighted by atomic mass is 10.2. The number of hydrogen-bond acceptors (Lipinski definition) is 3. The average Bonchev–Trinajstić information content (AvgIpc) is 3.02. The lowest BCUT2D eigenvalue weighted by Crippen LogP contribution is -2.19. The normalized spacial score (nSPS) is 10.3. The lowest BCUT2D eigenvalue weighted by molar-refractivity contribution is 0.262. The van der Waals surface area contributed by atoms with Gasteiger partial charge in [0.15, 0.2) is 5.82 Å². The highest BCUT2D eigenvalue weighted by molar-refractivity contribution is 5.99. The Hall–Kier alpha value is -3.15. The standard InChI is InChI=1S/C17H17N5O/c23-17(19-15-4-2-1-3-5-15)20-16-9-13-22(21-16)12-8-14-6-10-18-11-7-14/h1-7,9-11,13H,8,12H2,(H2,19,20,21,23). The van der Waals surface area contributed by atoms with Gasteiger partial charge in [-0.15, -0.1) is 0 Å². The summed E-state index contributed by atoms with van der Waals surface area (Å²) in [6, 6.07) is 14.7. The van der Waals surface area contributed by atoms with Crippen LogP contribution >= 0.6 is 0 Å². The summed E-state index contributed by atoms with van der Waals surface area (Å²) in [4.78, 5) is 15.9. The van der Waals surface area contributed by atoms with Gasteiger partial charge in [0.05, 0.1) is 0 Å². The molecule has 6 nitrogen and oxygen atoms in total. The van der Waals surface area contributed by atoms with E-state index in [-0.39, 0.29) is 6.03 Å². The van der Waals surface area contributed by atoms with Crippen molar-refractivity contribution in [1.29, 1.82) is 0 Å². The molecule has 0 aliphatic rings. The first-order chi connectivity index (χ1) is 11.3. The summed E-state index contributed by atoms with van der Waals surface area (Å²) in [7, 11) is 0. The number of carbonyl (C=O) groups excluding carboxylic acids is 1. The average molecular weight is 307 g/mol. The second-order valence-electron chi connectivity index (χ2n) is 5.01. The third-order valence-electron chi connectivity index (χ3n) is 3.29. The maximum atomic E-state index is 11.9. The predicted octanol–water partition coefficient (Wildman–Crippen LogP) is 3.16. The van der Waals surface area contributed by atoms with Crippen LogP contribution in [-0.2, 0) is 13.0 Å². The SMILES string of the molecule is O=C(Nc1ccccc1)Nc1ccn(CCc2ccncc2)n1. The Morgan fingerprint density at radius 3 is 2.57 bits per heavy atom. The highest BCUT2D eigenvalue weighted by Crippen LogP contribution is 2.08. The second kappa shape index (κ2) is 7.22. The Bertz CT molecular complexity index is 755. The van der Waals surface area contributed by atoms with Crippen molar-refractivity contribution in [2.24, 2.45) is 0 Å². The number of nitrogens with zero attached hydrogens (tertiary/aromatic N) is 3. The van der Waals surface area contributed by atoms with Crippen molar-refractivity contribution in [2.45, 2.75) is 13.0 Å². The molecule has 116 valence electrons. The van der Waals surface area contributed by atoms with E-state index in [2.05, 4.69) is 20.7 Å². The monoisotopic (exact) mass is 307 g/mol. The Labute approximate surface area is 134 Å². The number of urea groups is 1. The Morgan fingerprint density at radius 2 is 1.78 bits per heavy atom. The fraction of sp³-hybridized carbons (Fsp3) is 0.118. The van der Waals surface area contributed by atoms with Crippen LogP contribution in [0.15, 0.2) is 67.1 Å². The number of pyridine rings is 1. The van der Waals surface area contributed by atoms with Crippen LogP contribution in [0.4, 0.5) is 16.3 Å². The molecular formula is C17H17N5O. The zero-order valence-electron chi connectivity index (χ0n) is 12.5. The van der Waals surface area contributed by atoms with E-state index in [4.69, 9.17) is 0 Å². The highest BCUT2D eigenvalue weighted by atomic mass is 16.2. The second-order valence-corrected chi connectivity index (χ2v) is 5.01. The molecule has 0 unspecified atom stereocenters. The maximum absolute atomic E-state index is 11.9. The van der Waals surface area contributed by atoms with Crippen LogP contribution in [-0.4, -0.2) is 20.8 Å². The molecule has 0 fully saturated rings. The molecule has 3 rings (SSSR count). The summed E-state index contributed by atoms with van der Waals surface area (Å²) in [6.45, 7) is 0.742. The Balaban J connectivity index is 1.52. The molecule has 0 bridgehead atoms. The van der Waals surface area contributed by atoms with Crippen molar-refractivity contribution >= 4 is 17.5 Å². The minimum atomic E-state index is -0.310. The van der Waals surface area contributed by atoms with Crippen molar-refractivity contribution in [3.8, 4) is 0 Å². The largest absolute Gasteiger partial charge is 0.324 e. The van der Waals surface area contributed by atoms with E-state index in [0.29, 0.717) is 5.82 Å². The zero-order chi connectivity index (χ0) is 15.9. The molecule has 0 atom stereocenters. The van der Waals surface area contributed by atoms with Crippen LogP contribution in [0.3, 0.4) is 0 Å². The molecule has 0 spiro atoms. The number of aromatic nitrogens is 3. The molecule has 0 aliphatic carbocycles. The zero-order valence-corrected chi connectivity index (χ0v) is 12.5. The van der Waals surface area contributed by atoms with Crippen molar-refractivity contribution in [3.63, 3.8) is 0 Å². The van der Waals surface area contributed by atoms with Crippen LogP contribution in [0.1, 0.15) is 5.56 Å². The van der Waals surface area contributed by atoms with E-state index < -0.39 is 0 Å². The van der Waals surface area contributed by atoms with Crippen molar-refractivity contribution in [1.82, 2.24) is 14.8 Å². The molecule has 0 saturated carbocycles. The lowest BCUT2D eigenvalue weighted by Gasteiger charge is -2.05. The van der Waals surface area contributed by atoms with Gasteiger partial charge in [0.1, 0.15) is 0 Å². The molecule has 2 aromatic heterocycles. The number of rotatable bonds is 5. The summed E-state index contributed by atoms with van der Waals surface area (Å²) in [5, 5.41) is 9.80. The molecule has 0 aliphatic heterocycles. The predicted molar refractivity (Wildman–Crippen MR) is 89.3 cm³/mol. The van der Waals surface area contributed by atoms with E-state index in [1.54, 1.807) is 23.1 Å². The minimum Gasteiger partial charge on any atom is -0.308 e. The fourth-order valence-electron chi connectivity index (χ4n) is 2.15. The van der Waals surface area contributed by atoms with Crippen LogP contribution in [0.2, 0.25) is 0 Å². The van der Waals surface area contributed by atoms with Gasteiger partial charge in [-0.3, -0.25) is 15.0 Å². The molecule has 0 radical (unpaired) electrons. The third kappa shape index (κ3) is 4.41. The Morgan fingerprint density at radius 1 is 1.00 bits per heavy atom. The molecule has 0 saturated heterocycles. The summed E-state index contributed by atoms with van der Waals surface area (Å²) < 4.78 is 1.80. The van der Waals surface area contributed by atoms with E-state index in [1.165, 1.54) is 5.56 Å². The first kappa shape index (κ1) is 14.8. The maximum Gasteiger partial charge on any atom is 0.324 e. The summed E-state index contributed by atoms with van der Waals surface area (Å²) >= 11 is 0. The molecule has 2 N–H and O–H groups in total. The van der Waals surface area contributed by atoms with E-state index in [1.807, 2.05) is 48.7 Å². The van der Waals surface area contributed by atoms with Crippen LogP contribution in [0.5, 0.6) is 0 Å². The summed E-state index contributed by atoms with van der Waals surface area (Å²) in [5.41, 5.74) is 1.94.